The van der Waals surface area contributed by atoms with Gasteiger partial charge in [0.2, 0.25) is 5.91 Å². The van der Waals surface area contributed by atoms with Gasteiger partial charge in [-0.25, -0.2) is 0 Å². The van der Waals surface area contributed by atoms with Crippen molar-refractivity contribution in [2.24, 2.45) is 0 Å². The molecule has 1 aromatic heterocycles. The number of benzene rings is 2. The molecule has 0 saturated heterocycles. The summed E-state index contributed by atoms with van der Waals surface area (Å²) in [7, 11) is 0. The van der Waals surface area contributed by atoms with Crippen molar-refractivity contribution in [1.82, 2.24) is 20.1 Å². The van der Waals surface area contributed by atoms with Crippen molar-refractivity contribution in [3.63, 3.8) is 0 Å². The molecule has 0 fully saturated rings. The fourth-order valence-corrected chi connectivity index (χ4v) is 4.47. The van der Waals surface area contributed by atoms with Gasteiger partial charge in [0.05, 0.1) is 0 Å². The number of aromatic nitrogens is 3. The second kappa shape index (κ2) is 11.4. The van der Waals surface area contributed by atoms with Crippen LogP contribution in [0.25, 0.3) is 11.4 Å². The van der Waals surface area contributed by atoms with Crippen LogP contribution in [0.4, 0.5) is 0 Å². The molecule has 3 aromatic rings. The van der Waals surface area contributed by atoms with E-state index in [9.17, 15) is 4.79 Å². The highest BCUT2D eigenvalue weighted by Crippen LogP contribution is 2.24. The van der Waals surface area contributed by atoms with Crippen LogP contribution >= 0.6 is 35.0 Å². The molecule has 0 unspecified atom stereocenters. The molecule has 5 nitrogen and oxygen atoms in total. The standard InChI is InChI=1S/C22H24Cl2N4OS/c1-2-28-21(17-7-4-3-5-8-17)26-27-22(28)30-14-6-9-20(29)25-13-12-16-10-11-18(23)15-19(16)24/h3-5,7-8,10-11,15H,2,6,9,12-14H2,1H3,(H,25,29). The van der Waals surface area contributed by atoms with Gasteiger partial charge in [-0.15, -0.1) is 10.2 Å². The van der Waals surface area contributed by atoms with Gasteiger partial charge < -0.3 is 9.88 Å². The number of nitrogens with zero attached hydrogens (tertiary/aromatic N) is 3. The van der Waals surface area contributed by atoms with E-state index < -0.39 is 0 Å². The Bertz CT molecular complexity index is 979. The molecule has 0 spiro atoms. The molecule has 1 heterocycles. The smallest absolute Gasteiger partial charge is 0.220 e. The molecule has 0 saturated carbocycles. The number of carbonyl (C=O) groups is 1. The predicted octanol–water partition coefficient (Wildman–Crippen LogP) is 5.50. The molecule has 2 aromatic carbocycles. The molecule has 0 bridgehead atoms. The molecule has 8 heteroatoms. The Hall–Kier alpha value is -2.02. The number of nitrogens with one attached hydrogen (secondary N) is 1. The number of carbonyl (C=O) groups excluding carboxylic acids is 1. The minimum Gasteiger partial charge on any atom is -0.356 e. The third-order valence-electron chi connectivity index (χ3n) is 4.58. The maximum Gasteiger partial charge on any atom is 0.220 e. The highest BCUT2D eigenvalue weighted by molar-refractivity contribution is 7.99. The molecule has 1 N–H and O–H groups in total. The summed E-state index contributed by atoms with van der Waals surface area (Å²) >= 11 is 13.7. The summed E-state index contributed by atoms with van der Waals surface area (Å²) in [6, 6.07) is 15.5. The van der Waals surface area contributed by atoms with Gasteiger partial charge in [0.25, 0.3) is 0 Å². The SMILES string of the molecule is CCn1c(SCCCC(=O)NCCc2ccc(Cl)cc2Cl)nnc1-c1ccccc1. The van der Waals surface area contributed by atoms with Crippen molar-refractivity contribution in [2.75, 3.05) is 12.3 Å². The lowest BCUT2D eigenvalue weighted by Gasteiger charge is -2.08. The van der Waals surface area contributed by atoms with Crippen molar-refractivity contribution < 1.29 is 4.79 Å². The third kappa shape index (κ3) is 6.24. The fraction of sp³-hybridized carbons (Fsp3) is 0.318. The molecule has 0 aliphatic heterocycles. The molecule has 3 rings (SSSR count). The summed E-state index contributed by atoms with van der Waals surface area (Å²) in [4.78, 5) is 12.1. The Labute approximate surface area is 191 Å². The number of hydrogen-bond donors (Lipinski definition) is 1. The Morgan fingerprint density at radius 2 is 1.93 bits per heavy atom. The molecular weight excluding hydrogens is 439 g/mol. The lowest BCUT2D eigenvalue weighted by atomic mass is 10.1. The van der Waals surface area contributed by atoms with Crippen molar-refractivity contribution in [1.29, 1.82) is 0 Å². The quantitative estimate of drug-likeness (QED) is 0.319. The summed E-state index contributed by atoms with van der Waals surface area (Å²) in [6.07, 6.45) is 1.93. The Morgan fingerprint density at radius 3 is 2.67 bits per heavy atom. The molecule has 0 aliphatic carbocycles. The van der Waals surface area contributed by atoms with E-state index in [1.165, 1.54) is 0 Å². The number of thioether (sulfide) groups is 1. The molecule has 0 radical (unpaired) electrons. The van der Waals surface area contributed by atoms with E-state index in [4.69, 9.17) is 23.2 Å². The summed E-state index contributed by atoms with van der Waals surface area (Å²) in [5, 5.41) is 13.7. The third-order valence-corrected chi connectivity index (χ3v) is 6.22. The van der Waals surface area contributed by atoms with E-state index in [-0.39, 0.29) is 5.91 Å². The molecule has 158 valence electrons. The van der Waals surface area contributed by atoms with Gasteiger partial charge in [0, 0.05) is 40.9 Å². The summed E-state index contributed by atoms with van der Waals surface area (Å²) < 4.78 is 2.11. The molecule has 0 atom stereocenters. The monoisotopic (exact) mass is 462 g/mol. The maximum absolute atomic E-state index is 12.1. The normalized spacial score (nSPS) is 10.9. The van der Waals surface area contributed by atoms with Crippen LogP contribution in [0.5, 0.6) is 0 Å². The van der Waals surface area contributed by atoms with Crippen molar-refractivity contribution >= 4 is 40.9 Å². The Kier molecular flexibility index (Phi) is 8.61. The van der Waals surface area contributed by atoms with Gasteiger partial charge in [-0.1, -0.05) is 71.4 Å². The number of hydrogen-bond acceptors (Lipinski definition) is 4. The minimum absolute atomic E-state index is 0.0441. The van der Waals surface area contributed by atoms with Crippen LogP contribution in [0.3, 0.4) is 0 Å². The second-order valence-corrected chi connectivity index (χ2v) is 8.61. The topological polar surface area (TPSA) is 59.8 Å². The summed E-state index contributed by atoms with van der Waals surface area (Å²) in [5.74, 6) is 1.73. The molecule has 30 heavy (non-hydrogen) atoms. The summed E-state index contributed by atoms with van der Waals surface area (Å²) in [5.41, 5.74) is 2.03. The molecular formula is C22H24Cl2N4OS. The maximum atomic E-state index is 12.1. The summed E-state index contributed by atoms with van der Waals surface area (Å²) in [6.45, 7) is 3.44. The predicted molar refractivity (Wildman–Crippen MR) is 124 cm³/mol. The first kappa shape index (κ1) is 22.7. The zero-order valence-electron chi connectivity index (χ0n) is 16.8. The molecule has 1 amide bonds. The van der Waals surface area contributed by atoms with E-state index >= 15 is 0 Å². The zero-order chi connectivity index (χ0) is 21.3. The minimum atomic E-state index is 0.0441. The van der Waals surface area contributed by atoms with Gasteiger partial charge in [-0.2, -0.15) is 0 Å². The van der Waals surface area contributed by atoms with Crippen LogP contribution in [0, 0.1) is 0 Å². The van der Waals surface area contributed by atoms with Gasteiger partial charge >= 0.3 is 0 Å². The first-order chi connectivity index (χ1) is 14.6. The van der Waals surface area contributed by atoms with Crippen LogP contribution < -0.4 is 5.32 Å². The van der Waals surface area contributed by atoms with E-state index in [1.54, 1.807) is 23.9 Å². The van der Waals surface area contributed by atoms with Gasteiger partial charge in [0.15, 0.2) is 11.0 Å². The number of halogens is 2. The number of amides is 1. The highest BCUT2D eigenvalue weighted by atomic mass is 35.5. The first-order valence-corrected chi connectivity index (χ1v) is 11.6. The first-order valence-electron chi connectivity index (χ1n) is 9.90. The lowest BCUT2D eigenvalue weighted by Crippen LogP contribution is -2.25. The van der Waals surface area contributed by atoms with Crippen molar-refractivity contribution in [3.05, 3.63) is 64.1 Å². The number of rotatable bonds is 10. The van der Waals surface area contributed by atoms with E-state index in [0.29, 0.717) is 29.4 Å². The zero-order valence-corrected chi connectivity index (χ0v) is 19.1. The van der Waals surface area contributed by atoms with E-state index in [1.807, 2.05) is 36.4 Å². The van der Waals surface area contributed by atoms with E-state index in [0.717, 1.165) is 40.8 Å². The Morgan fingerprint density at radius 1 is 1.13 bits per heavy atom. The van der Waals surface area contributed by atoms with Crippen molar-refractivity contribution in [2.45, 2.75) is 37.9 Å². The van der Waals surface area contributed by atoms with Crippen LogP contribution in [-0.4, -0.2) is 33.0 Å². The van der Waals surface area contributed by atoms with Crippen LogP contribution in [-0.2, 0) is 17.8 Å². The van der Waals surface area contributed by atoms with Crippen LogP contribution in [0.2, 0.25) is 10.0 Å². The van der Waals surface area contributed by atoms with Gasteiger partial charge in [-0.05, 0) is 37.5 Å². The second-order valence-electron chi connectivity index (χ2n) is 6.70. The van der Waals surface area contributed by atoms with Gasteiger partial charge in [-0.3, -0.25) is 4.79 Å². The average molecular weight is 463 g/mol. The van der Waals surface area contributed by atoms with E-state index in [2.05, 4.69) is 27.0 Å². The van der Waals surface area contributed by atoms with Crippen LogP contribution in [0.15, 0.2) is 53.7 Å². The highest BCUT2D eigenvalue weighted by Gasteiger charge is 2.13. The molecule has 0 aliphatic rings. The van der Waals surface area contributed by atoms with Gasteiger partial charge in [0.1, 0.15) is 0 Å². The van der Waals surface area contributed by atoms with Crippen LogP contribution in [0.1, 0.15) is 25.3 Å². The average Bonchev–Trinajstić information content (AvgIpc) is 3.16. The Balaban J connectivity index is 1.40. The lowest BCUT2D eigenvalue weighted by molar-refractivity contribution is -0.121. The fourth-order valence-electron chi connectivity index (χ4n) is 3.03. The largest absolute Gasteiger partial charge is 0.356 e. The van der Waals surface area contributed by atoms with Crippen molar-refractivity contribution in [3.8, 4) is 11.4 Å².